The van der Waals surface area contributed by atoms with Crippen molar-refractivity contribution in [1.82, 2.24) is 5.32 Å². The van der Waals surface area contributed by atoms with Crippen molar-refractivity contribution < 1.29 is 4.74 Å². The van der Waals surface area contributed by atoms with E-state index in [0.29, 0.717) is 30.7 Å². The molecule has 0 aromatic rings. The van der Waals surface area contributed by atoms with E-state index in [1.165, 1.54) is 19.3 Å². The minimum atomic E-state index is 0.446. The van der Waals surface area contributed by atoms with Crippen LogP contribution in [0.1, 0.15) is 26.2 Å². The lowest BCUT2D eigenvalue weighted by Crippen LogP contribution is -2.23. The van der Waals surface area contributed by atoms with Crippen LogP contribution in [0.4, 0.5) is 0 Å². The van der Waals surface area contributed by atoms with E-state index in [4.69, 9.17) is 10.00 Å². The molecular weight excluding hydrogens is 164 g/mol. The first kappa shape index (κ1) is 8.98. The van der Waals surface area contributed by atoms with Gasteiger partial charge < -0.3 is 10.1 Å². The Bertz CT molecular complexity index is 223. The molecular formula is C10H16N2O. The lowest BCUT2D eigenvalue weighted by atomic mass is 10.1. The van der Waals surface area contributed by atoms with E-state index in [1.807, 2.05) is 0 Å². The van der Waals surface area contributed by atoms with Gasteiger partial charge in [0.05, 0.1) is 24.8 Å². The quantitative estimate of drug-likeness (QED) is 0.660. The van der Waals surface area contributed by atoms with Gasteiger partial charge in [-0.1, -0.05) is 0 Å². The van der Waals surface area contributed by atoms with Crippen molar-refractivity contribution in [3.8, 4) is 6.07 Å². The van der Waals surface area contributed by atoms with Crippen molar-refractivity contribution in [2.24, 2.45) is 5.92 Å². The van der Waals surface area contributed by atoms with E-state index in [0.717, 1.165) is 0 Å². The third-order valence-corrected chi connectivity index (χ3v) is 3.03. The topological polar surface area (TPSA) is 45.0 Å². The number of nitriles is 1. The van der Waals surface area contributed by atoms with Gasteiger partial charge in [-0.15, -0.1) is 0 Å². The Labute approximate surface area is 79.1 Å². The van der Waals surface area contributed by atoms with Gasteiger partial charge in [0, 0.05) is 12.0 Å². The maximum Gasteiger partial charge on any atom is 0.0843 e. The second-order valence-corrected chi connectivity index (χ2v) is 4.11. The van der Waals surface area contributed by atoms with Crippen LogP contribution in [0.3, 0.4) is 0 Å². The van der Waals surface area contributed by atoms with Gasteiger partial charge in [-0.3, -0.25) is 0 Å². The van der Waals surface area contributed by atoms with Gasteiger partial charge in [-0.05, 0) is 26.2 Å². The summed E-state index contributed by atoms with van der Waals surface area (Å²) < 4.78 is 5.77. The van der Waals surface area contributed by atoms with E-state index >= 15 is 0 Å². The molecule has 0 aromatic carbocycles. The molecule has 2 aliphatic rings. The minimum absolute atomic E-state index is 0.446. The molecule has 0 radical (unpaired) electrons. The fraction of sp³-hybridized carbons (Fsp3) is 0.900. The largest absolute Gasteiger partial charge is 0.375 e. The highest BCUT2D eigenvalue weighted by Crippen LogP contribution is 2.40. The van der Waals surface area contributed by atoms with Crippen LogP contribution in [0.5, 0.6) is 0 Å². The molecule has 1 N–H and O–H groups in total. The summed E-state index contributed by atoms with van der Waals surface area (Å²) >= 11 is 0. The van der Waals surface area contributed by atoms with Crippen LogP contribution in [0.25, 0.3) is 0 Å². The Balaban J connectivity index is 1.71. The molecule has 1 aliphatic carbocycles. The first-order valence-electron chi connectivity index (χ1n) is 5.07. The highest BCUT2D eigenvalue weighted by Gasteiger charge is 2.45. The van der Waals surface area contributed by atoms with E-state index in [-0.39, 0.29) is 0 Å². The fourth-order valence-electron chi connectivity index (χ4n) is 2.19. The Kier molecular flexibility index (Phi) is 2.52. The average Bonchev–Trinajstić information content (AvgIpc) is 2.78. The van der Waals surface area contributed by atoms with E-state index in [2.05, 4.69) is 18.3 Å². The lowest BCUT2D eigenvalue weighted by Gasteiger charge is -2.10. The summed E-state index contributed by atoms with van der Waals surface area (Å²) in [5, 5.41) is 11.6. The summed E-state index contributed by atoms with van der Waals surface area (Å²) in [7, 11) is 0. The van der Waals surface area contributed by atoms with E-state index < -0.39 is 0 Å². The lowest BCUT2D eigenvalue weighted by molar-refractivity contribution is 0.0411. The summed E-state index contributed by atoms with van der Waals surface area (Å²) in [6.07, 6.45) is 4.51. The van der Waals surface area contributed by atoms with Crippen molar-refractivity contribution >= 4 is 0 Å². The zero-order valence-corrected chi connectivity index (χ0v) is 7.99. The maximum atomic E-state index is 8.39. The molecule has 13 heavy (non-hydrogen) atoms. The van der Waals surface area contributed by atoms with Gasteiger partial charge in [-0.2, -0.15) is 5.26 Å². The molecule has 0 bridgehead atoms. The number of nitrogens with zero attached hydrogens (tertiary/aromatic N) is 1. The number of ether oxygens (including phenoxy) is 1. The zero-order chi connectivity index (χ0) is 9.26. The smallest absolute Gasteiger partial charge is 0.0843 e. The summed E-state index contributed by atoms with van der Waals surface area (Å²) in [6.45, 7) is 2.61. The predicted molar refractivity (Wildman–Crippen MR) is 49.1 cm³/mol. The van der Waals surface area contributed by atoms with Gasteiger partial charge in [0.15, 0.2) is 0 Å². The molecule has 4 atom stereocenters. The summed E-state index contributed by atoms with van der Waals surface area (Å²) in [4.78, 5) is 0. The van der Waals surface area contributed by atoms with Crippen LogP contribution in [0.15, 0.2) is 0 Å². The Morgan fingerprint density at radius 2 is 2.38 bits per heavy atom. The Hall–Kier alpha value is -0.590. The average molecular weight is 180 g/mol. The third kappa shape index (κ3) is 2.01. The molecule has 72 valence electrons. The van der Waals surface area contributed by atoms with Crippen molar-refractivity contribution in [3.63, 3.8) is 0 Å². The van der Waals surface area contributed by atoms with Crippen molar-refractivity contribution in [2.75, 3.05) is 6.54 Å². The number of hydrogen-bond donors (Lipinski definition) is 1. The van der Waals surface area contributed by atoms with Gasteiger partial charge >= 0.3 is 0 Å². The van der Waals surface area contributed by atoms with Gasteiger partial charge in [-0.25, -0.2) is 0 Å². The summed E-state index contributed by atoms with van der Waals surface area (Å²) in [6, 6.07) is 2.66. The highest BCUT2D eigenvalue weighted by molar-refractivity contribution is 5.00. The Morgan fingerprint density at radius 1 is 1.54 bits per heavy atom. The molecule has 0 amide bonds. The number of hydrogen-bond acceptors (Lipinski definition) is 3. The third-order valence-electron chi connectivity index (χ3n) is 3.03. The second kappa shape index (κ2) is 3.65. The normalized spacial score (nSPS) is 43.1. The first-order chi connectivity index (χ1) is 6.31. The van der Waals surface area contributed by atoms with Crippen LogP contribution in [0.2, 0.25) is 0 Å². The van der Waals surface area contributed by atoms with Crippen LogP contribution >= 0.6 is 0 Å². The van der Waals surface area contributed by atoms with Crippen molar-refractivity contribution in [3.05, 3.63) is 0 Å². The SMILES string of the molecule is CC1CCC(C2CC2NCC#N)O1. The van der Waals surface area contributed by atoms with E-state index in [9.17, 15) is 0 Å². The van der Waals surface area contributed by atoms with Gasteiger partial charge in [0.25, 0.3) is 0 Å². The van der Waals surface area contributed by atoms with Crippen LogP contribution in [-0.2, 0) is 4.74 Å². The van der Waals surface area contributed by atoms with Gasteiger partial charge in [0.1, 0.15) is 0 Å². The van der Waals surface area contributed by atoms with Crippen LogP contribution in [0, 0.1) is 17.2 Å². The molecule has 0 spiro atoms. The highest BCUT2D eigenvalue weighted by atomic mass is 16.5. The predicted octanol–water partition coefficient (Wildman–Crippen LogP) is 1.06. The summed E-state index contributed by atoms with van der Waals surface area (Å²) in [5.74, 6) is 0.679. The van der Waals surface area contributed by atoms with Crippen LogP contribution < -0.4 is 5.32 Å². The first-order valence-corrected chi connectivity index (χ1v) is 5.07. The fourth-order valence-corrected chi connectivity index (χ4v) is 2.19. The molecule has 1 saturated carbocycles. The van der Waals surface area contributed by atoms with Crippen molar-refractivity contribution in [2.45, 2.75) is 44.4 Å². The molecule has 0 aromatic heterocycles. The maximum absolute atomic E-state index is 8.39. The Morgan fingerprint density at radius 3 is 3.00 bits per heavy atom. The zero-order valence-electron chi connectivity index (χ0n) is 7.99. The van der Waals surface area contributed by atoms with Crippen molar-refractivity contribution in [1.29, 1.82) is 5.26 Å². The second-order valence-electron chi connectivity index (χ2n) is 4.11. The molecule has 1 saturated heterocycles. The summed E-state index contributed by atoms with van der Waals surface area (Å²) in [5.41, 5.74) is 0. The molecule has 1 heterocycles. The van der Waals surface area contributed by atoms with Crippen LogP contribution in [-0.4, -0.2) is 24.8 Å². The molecule has 3 nitrogen and oxygen atoms in total. The molecule has 3 heteroatoms. The minimum Gasteiger partial charge on any atom is -0.375 e. The monoisotopic (exact) mass is 180 g/mol. The number of rotatable bonds is 3. The molecule has 2 rings (SSSR count). The molecule has 1 aliphatic heterocycles. The molecule has 4 unspecified atom stereocenters. The van der Waals surface area contributed by atoms with E-state index in [1.54, 1.807) is 0 Å². The standard InChI is InChI=1S/C10H16N2O/c1-7-2-3-10(13-7)8-6-9(8)12-5-4-11/h7-10,12H,2-3,5-6H2,1H3. The van der Waals surface area contributed by atoms with Gasteiger partial charge in [0.2, 0.25) is 0 Å². The molecule has 2 fully saturated rings. The number of nitrogens with one attached hydrogen (secondary N) is 1.